The Morgan fingerprint density at radius 2 is 2.00 bits per heavy atom. The summed E-state index contributed by atoms with van der Waals surface area (Å²) >= 11 is 0. The van der Waals surface area contributed by atoms with E-state index in [-0.39, 0.29) is 18.5 Å². The molecule has 2 unspecified atom stereocenters. The minimum absolute atomic E-state index is 0.0445. The quantitative estimate of drug-likeness (QED) is 0.369. The molecule has 0 amide bonds. The number of rotatable bonds is 9. The Morgan fingerprint density at radius 3 is 2.59 bits per heavy atom. The first kappa shape index (κ1) is 16.1. The second-order valence-corrected chi connectivity index (χ2v) is 4.27. The van der Waals surface area contributed by atoms with Crippen LogP contribution in [-0.4, -0.2) is 35.5 Å². The predicted octanol–water partition coefficient (Wildman–Crippen LogP) is 1.80. The summed E-state index contributed by atoms with van der Waals surface area (Å²) in [7, 11) is 1.31. The largest absolute Gasteiger partial charge is 0.469 e. The molecule has 0 radical (unpaired) electrons. The van der Waals surface area contributed by atoms with Crippen LogP contribution in [0.5, 0.6) is 0 Å². The highest BCUT2D eigenvalue weighted by Crippen LogP contribution is 2.05. The molecular weight excluding hydrogens is 220 g/mol. The zero-order valence-electron chi connectivity index (χ0n) is 10.8. The van der Waals surface area contributed by atoms with Crippen molar-refractivity contribution in [3.8, 4) is 0 Å². The molecule has 4 nitrogen and oxygen atoms in total. The first-order valence-electron chi connectivity index (χ1n) is 6.14. The van der Waals surface area contributed by atoms with Gasteiger partial charge < -0.3 is 14.9 Å². The van der Waals surface area contributed by atoms with Crippen molar-refractivity contribution in [3.05, 3.63) is 12.2 Å². The van der Waals surface area contributed by atoms with Crippen molar-refractivity contribution in [2.24, 2.45) is 0 Å². The van der Waals surface area contributed by atoms with Crippen molar-refractivity contribution in [1.82, 2.24) is 0 Å². The molecule has 0 heterocycles. The first-order valence-corrected chi connectivity index (χ1v) is 6.14. The molecule has 0 aliphatic heterocycles. The molecule has 100 valence electrons. The Hall–Kier alpha value is -0.870. The van der Waals surface area contributed by atoms with Crippen LogP contribution in [0.1, 0.15) is 45.4 Å². The average Bonchev–Trinajstić information content (AvgIpc) is 2.27. The number of hydrogen-bond donors (Lipinski definition) is 2. The molecule has 0 aromatic carbocycles. The van der Waals surface area contributed by atoms with Gasteiger partial charge >= 0.3 is 5.97 Å². The van der Waals surface area contributed by atoms with Crippen LogP contribution in [0.2, 0.25) is 0 Å². The molecule has 0 fully saturated rings. The number of aliphatic hydroxyl groups excluding tert-OH is 2. The van der Waals surface area contributed by atoms with Crippen LogP contribution in [-0.2, 0) is 9.53 Å². The van der Waals surface area contributed by atoms with Gasteiger partial charge in [0.05, 0.1) is 25.7 Å². The summed E-state index contributed by atoms with van der Waals surface area (Å²) in [5.41, 5.74) is 0. The molecule has 0 saturated carbocycles. The molecule has 2 atom stereocenters. The maximum Gasteiger partial charge on any atom is 0.308 e. The van der Waals surface area contributed by atoms with Crippen LogP contribution < -0.4 is 0 Å². The molecule has 0 rings (SSSR count). The summed E-state index contributed by atoms with van der Waals surface area (Å²) in [6.45, 7) is 1.79. The molecule has 0 aromatic rings. The van der Waals surface area contributed by atoms with Crippen LogP contribution >= 0.6 is 0 Å². The lowest BCUT2D eigenvalue weighted by molar-refractivity contribution is -0.142. The summed E-state index contributed by atoms with van der Waals surface area (Å²) in [5.74, 6) is -0.386. The van der Waals surface area contributed by atoms with E-state index in [1.807, 2.05) is 12.2 Å². The second-order valence-electron chi connectivity index (χ2n) is 4.27. The number of aliphatic hydroxyl groups is 2. The average molecular weight is 244 g/mol. The highest BCUT2D eigenvalue weighted by Gasteiger charge is 2.08. The molecule has 0 saturated heterocycles. The Kier molecular flexibility index (Phi) is 9.77. The van der Waals surface area contributed by atoms with E-state index in [0.29, 0.717) is 6.42 Å². The van der Waals surface area contributed by atoms with Gasteiger partial charge in [0.2, 0.25) is 0 Å². The highest BCUT2D eigenvalue weighted by molar-refractivity contribution is 5.69. The molecule has 0 aliphatic carbocycles. The Labute approximate surface area is 103 Å². The van der Waals surface area contributed by atoms with E-state index in [0.717, 1.165) is 25.7 Å². The van der Waals surface area contributed by atoms with Crippen LogP contribution in [0.3, 0.4) is 0 Å². The minimum atomic E-state index is -0.656. The zero-order valence-corrected chi connectivity index (χ0v) is 10.8. The van der Waals surface area contributed by atoms with Crippen LogP contribution in [0, 0.1) is 0 Å². The molecule has 0 spiro atoms. The van der Waals surface area contributed by atoms with Crippen molar-refractivity contribution < 1.29 is 19.7 Å². The maximum atomic E-state index is 10.8. The monoisotopic (exact) mass is 244 g/mol. The topological polar surface area (TPSA) is 66.8 Å². The number of methoxy groups -OCH3 is 1. The highest BCUT2D eigenvalue weighted by atomic mass is 16.5. The SMILES string of the molecule is COC(=O)CC(O)C/C=C\CCCCC(C)O. The molecular formula is C13H24O4. The molecule has 2 N–H and O–H groups in total. The van der Waals surface area contributed by atoms with E-state index in [4.69, 9.17) is 5.11 Å². The summed E-state index contributed by atoms with van der Waals surface area (Å²) in [6, 6.07) is 0. The number of hydrogen-bond acceptors (Lipinski definition) is 4. The van der Waals surface area contributed by atoms with E-state index in [2.05, 4.69) is 4.74 Å². The fourth-order valence-electron chi connectivity index (χ4n) is 1.43. The second kappa shape index (κ2) is 10.3. The van der Waals surface area contributed by atoms with Crippen molar-refractivity contribution in [2.45, 2.75) is 57.7 Å². The fourth-order valence-corrected chi connectivity index (χ4v) is 1.43. The molecule has 4 heteroatoms. The molecule has 0 aliphatic rings. The normalized spacial score (nSPS) is 14.8. The van der Waals surface area contributed by atoms with Gasteiger partial charge in [-0.2, -0.15) is 0 Å². The van der Waals surface area contributed by atoms with E-state index in [9.17, 15) is 9.90 Å². The molecule has 17 heavy (non-hydrogen) atoms. The van der Waals surface area contributed by atoms with Crippen LogP contribution in [0.4, 0.5) is 0 Å². The van der Waals surface area contributed by atoms with E-state index < -0.39 is 6.10 Å². The number of carbonyl (C=O) groups is 1. The lowest BCUT2D eigenvalue weighted by atomic mass is 10.1. The van der Waals surface area contributed by atoms with Gasteiger partial charge in [-0.1, -0.05) is 18.6 Å². The van der Waals surface area contributed by atoms with Crippen LogP contribution in [0.15, 0.2) is 12.2 Å². The Balaban J connectivity index is 3.43. The third kappa shape index (κ3) is 11.4. The third-order valence-electron chi connectivity index (χ3n) is 2.45. The van der Waals surface area contributed by atoms with Gasteiger partial charge in [0.25, 0.3) is 0 Å². The lowest BCUT2D eigenvalue weighted by Crippen LogP contribution is -2.13. The third-order valence-corrected chi connectivity index (χ3v) is 2.45. The zero-order chi connectivity index (χ0) is 13.1. The fraction of sp³-hybridized carbons (Fsp3) is 0.769. The van der Waals surface area contributed by atoms with Crippen molar-refractivity contribution in [1.29, 1.82) is 0 Å². The maximum absolute atomic E-state index is 10.8. The smallest absolute Gasteiger partial charge is 0.308 e. The van der Waals surface area contributed by atoms with Crippen molar-refractivity contribution in [3.63, 3.8) is 0 Å². The van der Waals surface area contributed by atoms with Crippen LogP contribution in [0.25, 0.3) is 0 Å². The van der Waals surface area contributed by atoms with E-state index in [1.165, 1.54) is 7.11 Å². The predicted molar refractivity (Wildman–Crippen MR) is 66.5 cm³/mol. The number of ether oxygens (including phenoxy) is 1. The van der Waals surface area contributed by atoms with E-state index in [1.54, 1.807) is 6.92 Å². The Morgan fingerprint density at radius 1 is 1.29 bits per heavy atom. The van der Waals surface area contributed by atoms with E-state index >= 15 is 0 Å². The van der Waals surface area contributed by atoms with Gasteiger partial charge in [-0.05, 0) is 32.6 Å². The van der Waals surface area contributed by atoms with Gasteiger partial charge in [0, 0.05) is 0 Å². The summed E-state index contributed by atoms with van der Waals surface area (Å²) in [4.78, 5) is 10.8. The number of allylic oxidation sites excluding steroid dienone is 1. The number of esters is 1. The van der Waals surface area contributed by atoms with Gasteiger partial charge in [-0.15, -0.1) is 0 Å². The summed E-state index contributed by atoms with van der Waals surface area (Å²) in [6.07, 6.45) is 7.35. The standard InChI is InChI=1S/C13H24O4/c1-11(14)8-6-4-3-5-7-9-12(15)10-13(16)17-2/h5,7,11-12,14-15H,3-4,6,8-10H2,1-2H3/b7-5-. The van der Waals surface area contributed by atoms with Crippen molar-refractivity contribution in [2.75, 3.05) is 7.11 Å². The molecule has 0 bridgehead atoms. The van der Waals surface area contributed by atoms with Crippen molar-refractivity contribution >= 4 is 5.97 Å². The number of unbranched alkanes of at least 4 members (excludes halogenated alkanes) is 2. The minimum Gasteiger partial charge on any atom is -0.469 e. The van der Waals surface area contributed by atoms with Gasteiger partial charge in [0.1, 0.15) is 0 Å². The summed E-state index contributed by atoms with van der Waals surface area (Å²) < 4.78 is 4.46. The molecule has 0 aromatic heterocycles. The number of carbonyl (C=O) groups excluding carboxylic acids is 1. The summed E-state index contributed by atoms with van der Waals surface area (Å²) in [5, 5.41) is 18.5. The Bertz CT molecular complexity index is 223. The van der Waals surface area contributed by atoms with Gasteiger partial charge in [-0.3, -0.25) is 4.79 Å². The first-order chi connectivity index (χ1) is 8.06. The lowest BCUT2D eigenvalue weighted by Gasteiger charge is -2.05. The van der Waals surface area contributed by atoms with Gasteiger partial charge in [-0.25, -0.2) is 0 Å². The van der Waals surface area contributed by atoms with Gasteiger partial charge in [0.15, 0.2) is 0 Å².